The molecular formula is C16H29N3S2. The Bertz CT molecular complexity index is 461. The van der Waals surface area contributed by atoms with E-state index in [0.717, 1.165) is 23.5 Å². The largest absolute Gasteiger partial charge is 0.348 e. The van der Waals surface area contributed by atoms with E-state index in [2.05, 4.69) is 51.2 Å². The van der Waals surface area contributed by atoms with Crippen LogP contribution in [0.1, 0.15) is 51.1 Å². The summed E-state index contributed by atoms with van der Waals surface area (Å²) in [5.41, 5.74) is 1.37. The van der Waals surface area contributed by atoms with Crippen molar-refractivity contribution in [2.45, 2.75) is 64.6 Å². The molecular weight excluding hydrogens is 298 g/mol. The van der Waals surface area contributed by atoms with E-state index in [1.165, 1.54) is 23.4 Å². The second-order valence-corrected chi connectivity index (χ2v) is 9.06. The van der Waals surface area contributed by atoms with Crippen LogP contribution in [0.5, 0.6) is 0 Å². The molecule has 5 heteroatoms. The van der Waals surface area contributed by atoms with E-state index >= 15 is 0 Å². The summed E-state index contributed by atoms with van der Waals surface area (Å²) in [6, 6.07) is 1.26. The highest BCUT2D eigenvalue weighted by atomic mass is 32.2. The van der Waals surface area contributed by atoms with Gasteiger partial charge in [-0.05, 0) is 26.0 Å². The molecule has 1 aliphatic carbocycles. The molecule has 0 aromatic carbocycles. The molecule has 1 aliphatic rings. The number of thiazole rings is 1. The van der Waals surface area contributed by atoms with E-state index in [9.17, 15) is 0 Å². The van der Waals surface area contributed by atoms with Gasteiger partial charge in [-0.3, -0.25) is 0 Å². The van der Waals surface area contributed by atoms with Gasteiger partial charge >= 0.3 is 0 Å². The zero-order valence-electron chi connectivity index (χ0n) is 14.2. The van der Waals surface area contributed by atoms with Gasteiger partial charge in [-0.2, -0.15) is 11.8 Å². The molecule has 0 amide bonds. The summed E-state index contributed by atoms with van der Waals surface area (Å²) < 4.78 is 0. The second kappa shape index (κ2) is 6.88. The van der Waals surface area contributed by atoms with Crippen LogP contribution in [-0.2, 0) is 12.0 Å². The SMILES string of the molecule is CSCC(C)N(C)c1nc(C(C)(C)C)c(CNC2CC2)s1. The van der Waals surface area contributed by atoms with Crippen molar-refractivity contribution in [1.29, 1.82) is 0 Å². The number of nitrogens with zero attached hydrogens (tertiary/aromatic N) is 2. The lowest BCUT2D eigenvalue weighted by atomic mass is 9.91. The van der Waals surface area contributed by atoms with Gasteiger partial charge in [0.1, 0.15) is 0 Å². The molecule has 1 fully saturated rings. The summed E-state index contributed by atoms with van der Waals surface area (Å²) in [5, 5.41) is 4.80. The van der Waals surface area contributed by atoms with Crippen LogP contribution < -0.4 is 10.2 Å². The van der Waals surface area contributed by atoms with Gasteiger partial charge in [0.05, 0.1) is 5.69 Å². The van der Waals surface area contributed by atoms with Gasteiger partial charge in [0.15, 0.2) is 5.13 Å². The fraction of sp³-hybridized carbons (Fsp3) is 0.812. The van der Waals surface area contributed by atoms with Crippen LogP contribution in [0.15, 0.2) is 0 Å². The lowest BCUT2D eigenvalue weighted by Crippen LogP contribution is -2.30. The van der Waals surface area contributed by atoms with Crippen LogP contribution in [-0.4, -0.2) is 36.1 Å². The Labute approximate surface area is 137 Å². The predicted octanol–water partition coefficient (Wildman–Crippen LogP) is 3.88. The highest BCUT2D eigenvalue weighted by Crippen LogP contribution is 2.35. The fourth-order valence-corrected chi connectivity index (χ4v) is 4.25. The van der Waals surface area contributed by atoms with Gasteiger partial charge in [0, 0.05) is 41.7 Å². The standard InChI is InChI=1S/C16H29N3S2/c1-11(10-20-6)19(5)15-18-14(16(2,3)4)13(21-15)9-17-12-7-8-12/h11-12,17H,7-10H2,1-6H3. The maximum Gasteiger partial charge on any atom is 0.185 e. The van der Waals surface area contributed by atoms with Crippen molar-refractivity contribution in [2.75, 3.05) is 24.0 Å². The first-order valence-corrected chi connectivity index (χ1v) is 9.99. The van der Waals surface area contributed by atoms with Crippen LogP contribution in [0.4, 0.5) is 5.13 Å². The van der Waals surface area contributed by atoms with Gasteiger partial charge in [0.25, 0.3) is 0 Å². The number of hydrogen-bond acceptors (Lipinski definition) is 5. The van der Waals surface area contributed by atoms with E-state index in [4.69, 9.17) is 4.98 Å². The van der Waals surface area contributed by atoms with Crippen molar-refractivity contribution in [3.05, 3.63) is 10.6 Å². The van der Waals surface area contributed by atoms with E-state index in [0.29, 0.717) is 6.04 Å². The van der Waals surface area contributed by atoms with Crippen LogP contribution in [0.3, 0.4) is 0 Å². The quantitative estimate of drug-likeness (QED) is 0.822. The lowest BCUT2D eigenvalue weighted by molar-refractivity contribution is 0.558. The first kappa shape index (κ1) is 17.1. The van der Waals surface area contributed by atoms with E-state index in [-0.39, 0.29) is 5.41 Å². The third-order valence-corrected chi connectivity index (χ3v) is 5.86. The summed E-state index contributed by atoms with van der Waals surface area (Å²) in [6.45, 7) is 10.0. The van der Waals surface area contributed by atoms with Gasteiger partial charge < -0.3 is 10.2 Å². The number of aromatic nitrogens is 1. The topological polar surface area (TPSA) is 28.2 Å². The maximum absolute atomic E-state index is 4.98. The summed E-state index contributed by atoms with van der Waals surface area (Å²) >= 11 is 3.76. The molecule has 0 saturated heterocycles. The summed E-state index contributed by atoms with van der Waals surface area (Å²) in [7, 11) is 2.17. The molecule has 1 saturated carbocycles. The first-order valence-electron chi connectivity index (χ1n) is 7.78. The molecule has 1 unspecified atom stereocenters. The fourth-order valence-electron chi connectivity index (χ4n) is 2.26. The summed E-state index contributed by atoms with van der Waals surface area (Å²) in [6.07, 6.45) is 4.83. The van der Waals surface area contributed by atoms with Crippen molar-refractivity contribution in [2.24, 2.45) is 0 Å². The minimum atomic E-state index is 0.110. The normalized spacial score (nSPS) is 17.0. The summed E-state index contributed by atoms with van der Waals surface area (Å²) in [4.78, 5) is 8.72. The number of rotatable bonds is 7. The van der Waals surface area contributed by atoms with Crippen molar-refractivity contribution >= 4 is 28.2 Å². The zero-order chi connectivity index (χ0) is 15.6. The van der Waals surface area contributed by atoms with Gasteiger partial charge in [-0.25, -0.2) is 4.98 Å². The Hall–Kier alpha value is -0.260. The minimum Gasteiger partial charge on any atom is -0.348 e. The molecule has 21 heavy (non-hydrogen) atoms. The average Bonchev–Trinajstić information content (AvgIpc) is 3.12. The van der Waals surface area contributed by atoms with Crippen molar-refractivity contribution in [3.8, 4) is 0 Å². The molecule has 1 N–H and O–H groups in total. The molecule has 0 aliphatic heterocycles. The number of anilines is 1. The summed E-state index contributed by atoms with van der Waals surface area (Å²) in [5.74, 6) is 1.14. The Kier molecular flexibility index (Phi) is 5.60. The molecule has 0 spiro atoms. The van der Waals surface area contributed by atoms with Gasteiger partial charge in [0.2, 0.25) is 0 Å². The monoisotopic (exact) mass is 327 g/mol. The number of nitrogens with one attached hydrogen (secondary N) is 1. The van der Waals surface area contributed by atoms with E-state index in [1.54, 1.807) is 0 Å². The third kappa shape index (κ3) is 4.60. The Morgan fingerprint density at radius 2 is 2.10 bits per heavy atom. The van der Waals surface area contributed by atoms with Crippen LogP contribution >= 0.6 is 23.1 Å². The highest BCUT2D eigenvalue weighted by molar-refractivity contribution is 7.98. The van der Waals surface area contributed by atoms with Crippen LogP contribution in [0, 0.1) is 0 Å². The van der Waals surface area contributed by atoms with E-state index < -0.39 is 0 Å². The Balaban J connectivity index is 2.17. The van der Waals surface area contributed by atoms with Crippen LogP contribution in [0.25, 0.3) is 0 Å². The minimum absolute atomic E-state index is 0.110. The number of hydrogen-bond donors (Lipinski definition) is 1. The van der Waals surface area contributed by atoms with E-state index in [1.807, 2.05) is 23.1 Å². The first-order chi connectivity index (χ1) is 9.82. The second-order valence-electron chi connectivity index (χ2n) is 7.09. The lowest BCUT2D eigenvalue weighted by Gasteiger charge is -2.23. The van der Waals surface area contributed by atoms with Crippen molar-refractivity contribution in [1.82, 2.24) is 10.3 Å². The predicted molar refractivity (Wildman–Crippen MR) is 96.9 cm³/mol. The maximum atomic E-state index is 4.98. The van der Waals surface area contributed by atoms with Crippen molar-refractivity contribution in [3.63, 3.8) is 0 Å². The Morgan fingerprint density at radius 1 is 1.43 bits per heavy atom. The smallest absolute Gasteiger partial charge is 0.185 e. The molecule has 1 heterocycles. The molecule has 1 aromatic rings. The Morgan fingerprint density at radius 3 is 2.62 bits per heavy atom. The highest BCUT2D eigenvalue weighted by Gasteiger charge is 2.27. The average molecular weight is 328 g/mol. The molecule has 1 aromatic heterocycles. The molecule has 2 rings (SSSR count). The molecule has 0 radical (unpaired) electrons. The van der Waals surface area contributed by atoms with Gasteiger partial charge in [-0.1, -0.05) is 20.8 Å². The van der Waals surface area contributed by atoms with Crippen molar-refractivity contribution < 1.29 is 0 Å². The molecule has 1 atom stereocenters. The van der Waals surface area contributed by atoms with Gasteiger partial charge in [-0.15, -0.1) is 11.3 Å². The zero-order valence-corrected chi connectivity index (χ0v) is 15.8. The van der Waals surface area contributed by atoms with Crippen LogP contribution in [0.2, 0.25) is 0 Å². The number of thioether (sulfide) groups is 1. The molecule has 120 valence electrons. The molecule has 0 bridgehead atoms. The third-order valence-electron chi connectivity index (χ3n) is 3.90. The molecule has 3 nitrogen and oxygen atoms in total.